The molecule has 1 aliphatic rings. The molecule has 0 aliphatic carbocycles. The minimum absolute atomic E-state index is 0.0532. The van der Waals surface area contributed by atoms with Crippen molar-refractivity contribution in [2.45, 2.75) is 38.6 Å². The highest BCUT2D eigenvalue weighted by Gasteiger charge is 2.27. The maximum absolute atomic E-state index is 11.6. The lowest BCUT2D eigenvalue weighted by atomic mass is 10.0. The van der Waals surface area contributed by atoms with Crippen molar-refractivity contribution < 1.29 is 14.7 Å². The summed E-state index contributed by atoms with van der Waals surface area (Å²) in [5.74, 6) is 0.149. The van der Waals surface area contributed by atoms with Gasteiger partial charge in [-0.1, -0.05) is 13.3 Å². The van der Waals surface area contributed by atoms with Crippen molar-refractivity contribution in [3.8, 4) is 0 Å². The Balaban J connectivity index is 2.26. The molecule has 1 saturated heterocycles. The molecule has 5 nitrogen and oxygen atoms in total. The molecule has 1 unspecified atom stereocenters. The number of rotatable bonds is 6. The number of hydrogen-bond acceptors (Lipinski definition) is 3. The molecule has 1 fully saturated rings. The van der Waals surface area contributed by atoms with Gasteiger partial charge in [-0.3, -0.25) is 9.59 Å². The van der Waals surface area contributed by atoms with E-state index >= 15 is 0 Å². The fourth-order valence-corrected chi connectivity index (χ4v) is 1.81. The van der Waals surface area contributed by atoms with Crippen LogP contribution < -0.4 is 10.6 Å². The average molecular weight is 228 g/mol. The van der Waals surface area contributed by atoms with Crippen molar-refractivity contribution in [2.24, 2.45) is 5.92 Å². The first-order valence-electron chi connectivity index (χ1n) is 5.85. The summed E-state index contributed by atoms with van der Waals surface area (Å²) in [5.41, 5.74) is 0. The second kappa shape index (κ2) is 6.48. The van der Waals surface area contributed by atoms with E-state index in [9.17, 15) is 9.59 Å². The molecule has 0 bridgehead atoms. The Labute approximate surface area is 95.6 Å². The van der Waals surface area contributed by atoms with Gasteiger partial charge in [-0.25, -0.2) is 0 Å². The van der Waals surface area contributed by atoms with E-state index in [1.807, 2.05) is 6.92 Å². The van der Waals surface area contributed by atoms with Crippen molar-refractivity contribution in [3.05, 3.63) is 0 Å². The number of amides is 2. The largest absolute Gasteiger partial charge is 0.396 e. The molecule has 2 amide bonds. The van der Waals surface area contributed by atoms with E-state index in [0.29, 0.717) is 31.7 Å². The van der Waals surface area contributed by atoms with Crippen LogP contribution in [0.5, 0.6) is 0 Å². The predicted molar refractivity (Wildman–Crippen MR) is 59.7 cm³/mol. The number of carbonyl (C=O) groups is 2. The molecule has 92 valence electrons. The minimum atomic E-state index is -0.362. The zero-order chi connectivity index (χ0) is 12.0. The molecule has 5 heteroatoms. The number of carbonyl (C=O) groups excluding carboxylic acids is 2. The molecule has 16 heavy (non-hydrogen) atoms. The van der Waals surface area contributed by atoms with E-state index < -0.39 is 0 Å². The molecular formula is C11H20N2O3. The first kappa shape index (κ1) is 13.0. The Kier molecular flexibility index (Phi) is 5.25. The van der Waals surface area contributed by atoms with Crippen LogP contribution >= 0.6 is 0 Å². The normalized spacial score (nSPS) is 21.6. The van der Waals surface area contributed by atoms with E-state index in [4.69, 9.17) is 5.11 Å². The Morgan fingerprint density at radius 1 is 1.69 bits per heavy atom. The van der Waals surface area contributed by atoms with Crippen LogP contribution in [-0.2, 0) is 9.59 Å². The van der Waals surface area contributed by atoms with Gasteiger partial charge in [0.2, 0.25) is 11.8 Å². The van der Waals surface area contributed by atoms with Gasteiger partial charge in [0.25, 0.3) is 0 Å². The minimum Gasteiger partial charge on any atom is -0.396 e. The fourth-order valence-electron chi connectivity index (χ4n) is 1.81. The van der Waals surface area contributed by atoms with Gasteiger partial charge in [0.15, 0.2) is 0 Å². The van der Waals surface area contributed by atoms with E-state index in [1.165, 1.54) is 0 Å². The lowest BCUT2D eigenvalue weighted by Crippen LogP contribution is -2.43. The van der Waals surface area contributed by atoms with Crippen LogP contribution in [0.4, 0.5) is 0 Å². The van der Waals surface area contributed by atoms with Crippen molar-refractivity contribution in [2.75, 3.05) is 13.2 Å². The second-order valence-corrected chi connectivity index (χ2v) is 4.19. The first-order chi connectivity index (χ1) is 7.67. The first-order valence-corrected chi connectivity index (χ1v) is 5.85. The number of aliphatic hydroxyl groups is 1. The monoisotopic (exact) mass is 228 g/mol. The van der Waals surface area contributed by atoms with Gasteiger partial charge in [0, 0.05) is 19.6 Å². The third-order valence-corrected chi connectivity index (χ3v) is 2.99. The summed E-state index contributed by atoms with van der Waals surface area (Å²) in [6.45, 7) is 2.75. The summed E-state index contributed by atoms with van der Waals surface area (Å²) < 4.78 is 0. The standard InChI is InChI=1S/C11H20N2O3/c1-2-8(5-6-14)7-12-11(16)9-3-4-10(15)13-9/h8-9,14H,2-7H2,1H3,(H,12,16)(H,13,15)/t8?,9-/m0/s1. The highest BCUT2D eigenvalue weighted by molar-refractivity contribution is 5.90. The molecule has 3 N–H and O–H groups in total. The predicted octanol–water partition coefficient (Wildman–Crippen LogP) is -0.210. The van der Waals surface area contributed by atoms with Crippen LogP contribution in [0, 0.1) is 5.92 Å². The van der Waals surface area contributed by atoms with Gasteiger partial charge in [-0.2, -0.15) is 0 Å². The van der Waals surface area contributed by atoms with Crippen LogP contribution in [-0.4, -0.2) is 36.1 Å². The second-order valence-electron chi connectivity index (χ2n) is 4.19. The molecule has 2 atom stereocenters. The number of nitrogens with one attached hydrogen (secondary N) is 2. The molecule has 0 spiro atoms. The van der Waals surface area contributed by atoms with E-state index in [-0.39, 0.29) is 24.5 Å². The molecule has 0 radical (unpaired) electrons. The number of hydrogen-bond donors (Lipinski definition) is 3. The zero-order valence-electron chi connectivity index (χ0n) is 9.66. The summed E-state index contributed by atoms with van der Waals surface area (Å²) in [6.07, 6.45) is 2.65. The maximum Gasteiger partial charge on any atom is 0.242 e. The van der Waals surface area contributed by atoms with Crippen LogP contribution in [0.3, 0.4) is 0 Å². The van der Waals surface area contributed by atoms with Crippen molar-refractivity contribution in [1.29, 1.82) is 0 Å². The maximum atomic E-state index is 11.6. The summed E-state index contributed by atoms with van der Waals surface area (Å²) in [7, 11) is 0. The average Bonchev–Trinajstić information content (AvgIpc) is 2.70. The lowest BCUT2D eigenvalue weighted by Gasteiger charge is -2.16. The molecule has 1 rings (SSSR count). The quantitative estimate of drug-likeness (QED) is 0.588. The van der Waals surface area contributed by atoms with Gasteiger partial charge >= 0.3 is 0 Å². The Morgan fingerprint density at radius 3 is 2.94 bits per heavy atom. The third-order valence-electron chi connectivity index (χ3n) is 2.99. The summed E-state index contributed by atoms with van der Waals surface area (Å²) in [5, 5.41) is 14.3. The molecule has 1 aliphatic heterocycles. The van der Waals surface area contributed by atoms with Crippen molar-refractivity contribution in [1.82, 2.24) is 10.6 Å². The zero-order valence-corrected chi connectivity index (χ0v) is 9.66. The van der Waals surface area contributed by atoms with Crippen LogP contribution in [0.25, 0.3) is 0 Å². The summed E-state index contributed by atoms with van der Waals surface area (Å²) in [4.78, 5) is 22.6. The molecule has 0 aromatic heterocycles. The Morgan fingerprint density at radius 2 is 2.44 bits per heavy atom. The Bertz CT molecular complexity index is 256. The van der Waals surface area contributed by atoms with Crippen LogP contribution in [0.2, 0.25) is 0 Å². The lowest BCUT2D eigenvalue weighted by molar-refractivity contribution is -0.125. The fraction of sp³-hybridized carbons (Fsp3) is 0.818. The van der Waals surface area contributed by atoms with E-state index in [1.54, 1.807) is 0 Å². The smallest absolute Gasteiger partial charge is 0.242 e. The topological polar surface area (TPSA) is 78.4 Å². The molecule has 0 saturated carbocycles. The van der Waals surface area contributed by atoms with Crippen LogP contribution in [0.1, 0.15) is 32.6 Å². The third kappa shape index (κ3) is 3.81. The van der Waals surface area contributed by atoms with Crippen molar-refractivity contribution >= 4 is 11.8 Å². The van der Waals surface area contributed by atoms with Gasteiger partial charge in [0.1, 0.15) is 6.04 Å². The van der Waals surface area contributed by atoms with E-state index in [2.05, 4.69) is 10.6 Å². The summed E-state index contributed by atoms with van der Waals surface area (Å²) in [6, 6.07) is -0.362. The molecular weight excluding hydrogens is 208 g/mol. The van der Waals surface area contributed by atoms with Gasteiger partial charge in [-0.05, 0) is 18.8 Å². The highest BCUT2D eigenvalue weighted by atomic mass is 16.3. The van der Waals surface area contributed by atoms with Gasteiger partial charge in [-0.15, -0.1) is 0 Å². The highest BCUT2D eigenvalue weighted by Crippen LogP contribution is 2.08. The van der Waals surface area contributed by atoms with Crippen LogP contribution in [0.15, 0.2) is 0 Å². The Hall–Kier alpha value is -1.10. The molecule has 1 heterocycles. The summed E-state index contributed by atoms with van der Waals surface area (Å²) >= 11 is 0. The molecule has 0 aromatic rings. The van der Waals surface area contributed by atoms with Gasteiger partial charge in [0.05, 0.1) is 0 Å². The van der Waals surface area contributed by atoms with E-state index in [0.717, 1.165) is 6.42 Å². The SMILES string of the molecule is CCC(CCO)CNC(=O)[C@@H]1CCC(=O)N1. The number of aliphatic hydroxyl groups excluding tert-OH is 1. The van der Waals surface area contributed by atoms with Crippen molar-refractivity contribution in [3.63, 3.8) is 0 Å². The molecule has 0 aromatic carbocycles. The van der Waals surface area contributed by atoms with Gasteiger partial charge < -0.3 is 15.7 Å².